The van der Waals surface area contributed by atoms with Crippen molar-refractivity contribution < 1.29 is 28.6 Å². The maximum Gasteiger partial charge on any atom is 0.306 e. The second kappa shape index (κ2) is 67.1. The average Bonchev–Trinajstić information content (AvgIpc) is 3.45. The van der Waals surface area contributed by atoms with Gasteiger partial charge in [0.2, 0.25) is 0 Å². The highest BCUT2D eigenvalue weighted by Crippen LogP contribution is 2.17. The summed E-state index contributed by atoms with van der Waals surface area (Å²) in [5.74, 6) is -0.963. The van der Waals surface area contributed by atoms with Gasteiger partial charge >= 0.3 is 17.9 Å². The summed E-state index contributed by atoms with van der Waals surface area (Å²) in [7, 11) is 0. The summed E-state index contributed by atoms with van der Waals surface area (Å²) in [6.07, 6.45) is 89.2. The predicted molar refractivity (Wildman–Crippen MR) is 344 cm³/mol. The summed E-state index contributed by atoms with van der Waals surface area (Å²) < 4.78 is 16.9. The monoisotopic (exact) mass is 1100 g/mol. The van der Waals surface area contributed by atoms with Crippen LogP contribution in [0.25, 0.3) is 0 Å². The van der Waals surface area contributed by atoms with E-state index in [1.54, 1.807) is 0 Å². The van der Waals surface area contributed by atoms with Crippen molar-refractivity contribution in [3.63, 3.8) is 0 Å². The first-order chi connectivity index (χ1) is 39.0. The second-order valence-electron chi connectivity index (χ2n) is 22.7. The van der Waals surface area contributed by atoms with Crippen LogP contribution in [0.15, 0.2) is 85.1 Å². The highest BCUT2D eigenvalue weighted by atomic mass is 16.6. The van der Waals surface area contributed by atoms with Crippen LogP contribution in [-0.2, 0) is 28.6 Å². The van der Waals surface area contributed by atoms with Crippen LogP contribution in [0.5, 0.6) is 0 Å². The number of hydrogen-bond donors (Lipinski definition) is 0. The Hall–Kier alpha value is -3.41. The van der Waals surface area contributed by atoms with Crippen molar-refractivity contribution in [2.24, 2.45) is 0 Å². The maximum absolute atomic E-state index is 12.9. The van der Waals surface area contributed by atoms with Crippen LogP contribution in [0.2, 0.25) is 0 Å². The number of unbranched alkanes of at least 4 members (excludes halogenated alkanes) is 37. The quantitative estimate of drug-likeness (QED) is 0.0261. The van der Waals surface area contributed by atoms with Gasteiger partial charge in [0.05, 0.1) is 0 Å². The number of hydrogen-bond acceptors (Lipinski definition) is 6. The van der Waals surface area contributed by atoms with Gasteiger partial charge in [0.1, 0.15) is 13.2 Å². The van der Waals surface area contributed by atoms with Gasteiger partial charge in [-0.25, -0.2) is 0 Å². The average molecular weight is 1100 g/mol. The fourth-order valence-electron chi connectivity index (χ4n) is 9.82. The number of rotatable bonds is 62. The lowest BCUT2D eigenvalue weighted by Crippen LogP contribution is -2.30. The zero-order chi connectivity index (χ0) is 57.1. The molecule has 6 nitrogen and oxygen atoms in total. The fraction of sp³-hybridized carbons (Fsp3) is 0.767. The van der Waals surface area contributed by atoms with Gasteiger partial charge in [-0.3, -0.25) is 14.4 Å². The van der Waals surface area contributed by atoms with E-state index in [4.69, 9.17) is 14.2 Å². The Balaban J connectivity index is 4.22. The first kappa shape index (κ1) is 75.6. The van der Waals surface area contributed by atoms with E-state index in [-0.39, 0.29) is 37.5 Å². The largest absolute Gasteiger partial charge is 0.462 e. The molecule has 0 spiro atoms. The molecule has 456 valence electrons. The minimum Gasteiger partial charge on any atom is -0.462 e. The van der Waals surface area contributed by atoms with E-state index in [2.05, 4.69) is 99.8 Å². The SMILES string of the molecule is CC/C=C\C/C=C\C/C=C\C/C=C\CCC(=O)OCC(COC(=O)CCCCCCCCCCCCCCCCCC/C=C\C/C=C\C/C=C\CCCCCCC)OC(=O)CCCCCCCCCCCCCCCCCCC. The molecule has 0 aliphatic heterocycles. The Labute approximate surface area is 490 Å². The highest BCUT2D eigenvalue weighted by molar-refractivity contribution is 5.71. The molecule has 6 heteroatoms. The molecule has 0 saturated carbocycles. The summed E-state index contributed by atoms with van der Waals surface area (Å²) in [5, 5.41) is 0. The number of allylic oxidation sites excluding steroid dienone is 14. The van der Waals surface area contributed by atoms with Gasteiger partial charge < -0.3 is 14.2 Å². The highest BCUT2D eigenvalue weighted by Gasteiger charge is 2.19. The van der Waals surface area contributed by atoms with E-state index >= 15 is 0 Å². The third-order valence-electron chi connectivity index (χ3n) is 14.9. The zero-order valence-corrected chi connectivity index (χ0v) is 52.4. The normalized spacial score (nSPS) is 12.6. The molecule has 0 aliphatic rings. The summed E-state index contributed by atoms with van der Waals surface area (Å²) in [6.45, 7) is 6.49. The Morgan fingerprint density at radius 1 is 0.266 bits per heavy atom. The van der Waals surface area contributed by atoms with Crippen LogP contribution in [0.4, 0.5) is 0 Å². The fourth-order valence-corrected chi connectivity index (χ4v) is 9.82. The van der Waals surface area contributed by atoms with Gasteiger partial charge in [-0.15, -0.1) is 0 Å². The molecule has 0 aromatic carbocycles. The molecule has 0 fully saturated rings. The van der Waals surface area contributed by atoms with Crippen molar-refractivity contribution in [1.82, 2.24) is 0 Å². The molecule has 0 aromatic rings. The van der Waals surface area contributed by atoms with Crippen molar-refractivity contribution in [1.29, 1.82) is 0 Å². The van der Waals surface area contributed by atoms with Crippen molar-refractivity contribution >= 4 is 17.9 Å². The third kappa shape index (κ3) is 65.3. The smallest absolute Gasteiger partial charge is 0.306 e. The minimum absolute atomic E-state index is 0.0947. The van der Waals surface area contributed by atoms with Gasteiger partial charge in [0.15, 0.2) is 6.10 Å². The molecule has 0 aliphatic carbocycles. The molecular formula is C73H128O6. The lowest BCUT2D eigenvalue weighted by Gasteiger charge is -2.18. The van der Waals surface area contributed by atoms with Gasteiger partial charge in [-0.2, -0.15) is 0 Å². The first-order valence-corrected chi connectivity index (χ1v) is 34.1. The van der Waals surface area contributed by atoms with Crippen molar-refractivity contribution in [3.8, 4) is 0 Å². The molecule has 0 rings (SSSR count). The van der Waals surface area contributed by atoms with Gasteiger partial charge in [0.25, 0.3) is 0 Å². The summed E-state index contributed by atoms with van der Waals surface area (Å²) in [5.41, 5.74) is 0. The van der Waals surface area contributed by atoms with E-state index in [1.807, 2.05) is 6.08 Å². The van der Waals surface area contributed by atoms with Crippen LogP contribution in [0.1, 0.15) is 342 Å². The standard InChI is InChI=1S/C73H128O6/c1-4-7-10-13-16-19-22-25-27-29-30-31-32-33-34-35-36-37-38-39-40-41-42-44-45-48-51-54-57-60-63-66-72(75)78-69-70(68-77-71(74)65-62-59-56-53-50-47-24-21-18-15-12-9-6-3)79-73(76)67-64-61-58-55-52-49-46-43-28-26-23-20-17-14-11-8-5-2/h9,12,18,21-22,25,29-30,32-33,47,50,56,59,70H,4-8,10-11,13-17,19-20,23-24,26-28,31,34-46,48-49,51-55,57-58,60-69H2,1-3H3/b12-9-,21-18-,25-22-,30-29-,33-32-,50-47-,59-56-. The molecule has 0 aromatic heterocycles. The summed E-state index contributed by atoms with van der Waals surface area (Å²) >= 11 is 0. The van der Waals surface area contributed by atoms with E-state index in [1.165, 1.54) is 218 Å². The Bertz CT molecular complexity index is 1500. The summed E-state index contributed by atoms with van der Waals surface area (Å²) in [4.78, 5) is 38.3. The van der Waals surface area contributed by atoms with E-state index in [0.29, 0.717) is 19.3 Å². The van der Waals surface area contributed by atoms with Gasteiger partial charge in [-0.05, 0) is 83.5 Å². The third-order valence-corrected chi connectivity index (χ3v) is 14.9. The van der Waals surface area contributed by atoms with Gasteiger partial charge in [0, 0.05) is 19.3 Å². The van der Waals surface area contributed by atoms with Crippen LogP contribution in [0.3, 0.4) is 0 Å². The van der Waals surface area contributed by atoms with E-state index < -0.39 is 6.10 Å². The number of carbonyl (C=O) groups is 3. The van der Waals surface area contributed by atoms with Crippen LogP contribution >= 0.6 is 0 Å². The minimum atomic E-state index is -0.804. The lowest BCUT2D eigenvalue weighted by molar-refractivity contribution is -0.166. The molecule has 0 bridgehead atoms. The van der Waals surface area contributed by atoms with E-state index in [0.717, 1.165) is 77.0 Å². The Kier molecular flexibility index (Phi) is 64.2. The Morgan fingerprint density at radius 3 is 0.848 bits per heavy atom. The van der Waals surface area contributed by atoms with Crippen LogP contribution in [0, 0.1) is 0 Å². The molecule has 79 heavy (non-hydrogen) atoms. The summed E-state index contributed by atoms with van der Waals surface area (Å²) in [6, 6.07) is 0. The predicted octanol–water partition coefficient (Wildman–Crippen LogP) is 23.4. The molecule has 1 unspecified atom stereocenters. The van der Waals surface area contributed by atoms with E-state index in [9.17, 15) is 14.4 Å². The van der Waals surface area contributed by atoms with Crippen molar-refractivity contribution in [2.75, 3.05) is 13.2 Å². The second-order valence-corrected chi connectivity index (χ2v) is 22.7. The molecule has 0 N–H and O–H groups in total. The Morgan fingerprint density at radius 2 is 0.519 bits per heavy atom. The number of ether oxygens (including phenoxy) is 3. The number of esters is 3. The molecule has 0 radical (unpaired) electrons. The zero-order valence-electron chi connectivity index (χ0n) is 52.4. The molecule has 0 amide bonds. The first-order valence-electron chi connectivity index (χ1n) is 34.1. The van der Waals surface area contributed by atoms with Crippen molar-refractivity contribution in [2.45, 2.75) is 348 Å². The molecular weight excluding hydrogens is 973 g/mol. The van der Waals surface area contributed by atoms with Crippen LogP contribution in [-0.4, -0.2) is 37.2 Å². The molecule has 0 saturated heterocycles. The molecule has 1 atom stereocenters. The lowest BCUT2D eigenvalue weighted by atomic mass is 10.0. The molecule has 0 heterocycles. The van der Waals surface area contributed by atoms with Gasteiger partial charge in [-0.1, -0.05) is 324 Å². The topological polar surface area (TPSA) is 78.9 Å². The number of carbonyl (C=O) groups excluding carboxylic acids is 3. The van der Waals surface area contributed by atoms with Crippen LogP contribution < -0.4 is 0 Å². The maximum atomic E-state index is 12.9. The van der Waals surface area contributed by atoms with Crippen molar-refractivity contribution in [3.05, 3.63) is 85.1 Å².